The molecule has 2 heterocycles. The largest absolute Gasteiger partial charge is 0.369 e. The quantitative estimate of drug-likeness (QED) is 0.846. The van der Waals surface area contributed by atoms with Gasteiger partial charge in [-0.1, -0.05) is 37.6 Å². The molecule has 2 aromatic rings. The molecular weight excluding hydrogens is 326 g/mol. The van der Waals surface area contributed by atoms with Crippen LogP contribution in [0.5, 0.6) is 0 Å². The van der Waals surface area contributed by atoms with Crippen LogP contribution in [-0.2, 0) is 0 Å². The van der Waals surface area contributed by atoms with Crippen LogP contribution in [0.2, 0.25) is 0 Å². The average molecular weight is 348 g/mol. The van der Waals surface area contributed by atoms with Gasteiger partial charge in [-0.2, -0.15) is 5.10 Å². The van der Waals surface area contributed by atoms with Gasteiger partial charge in [0.25, 0.3) is 0 Å². The SMILES string of the molecule is Cc1ccc(C2CCNc3c(Br)c(C(C)C)nn32)c(C)c1. The van der Waals surface area contributed by atoms with Crippen LogP contribution in [0.15, 0.2) is 22.7 Å². The average Bonchev–Trinajstić information content (AvgIpc) is 2.77. The molecule has 3 rings (SSSR count). The van der Waals surface area contributed by atoms with E-state index in [1.807, 2.05) is 0 Å². The van der Waals surface area contributed by atoms with Crippen molar-refractivity contribution in [3.8, 4) is 0 Å². The number of hydrogen-bond donors (Lipinski definition) is 1. The molecule has 0 saturated carbocycles. The molecule has 1 aliphatic rings. The lowest BCUT2D eigenvalue weighted by atomic mass is 9.96. The standard InChI is InChI=1S/C17H22BrN3/c1-10(2)16-15(18)17-19-8-7-14(21(17)20-16)13-6-5-11(3)9-12(13)4/h5-6,9-10,14,19H,7-8H2,1-4H3. The maximum atomic E-state index is 4.88. The summed E-state index contributed by atoms with van der Waals surface area (Å²) in [4.78, 5) is 0. The van der Waals surface area contributed by atoms with E-state index in [0.29, 0.717) is 12.0 Å². The molecule has 1 unspecified atom stereocenters. The zero-order valence-corrected chi connectivity index (χ0v) is 14.7. The van der Waals surface area contributed by atoms with Gasteiger partial charge < -0.3 is 5.32 Å². The number of benzene rings is 1. The Balaban J connectivity index is 2.10. The molecule has 21 heavy (non-hydrogen) atoms. The van der Waals surface area contributed by atoms with Crippen molar-refractivity contribution in [2.45, 2.75) is 46.1 Å². The molecule has 0 spiro atoms. The highest BCUT2D eigenvalue weighted by atomic mass is 79.9. The van der Waals surface area contributed by atoms with Crippen LogP contribution in [0.3, 0.4) is 0 Å². The first-order chi connectivity index (χ1) is 9.99. The van der Waals surface area contributed by atoms with Crippen LogP contribution >= 0.6 is 15.9 Å². The van der Waals surface area contributed by atoms with Crippen LogP contribution in [0.25, 0.3) is 0 Å². The van der Waals surface area contributed by atoms with Crippen molar-refractivity contribution in [3.63, 3.8) is 0 Å². The number of anilines is 1. The number of fused-ring (bicyclic) bond motifs is 1. The molecule has 0 bridgehead atoms. The maximum Gasteiger partial charge on any atom is 0.139 e. The van der Waals surface area contributed by atoms with Crippen LogP contribution in [0.1, 0.15) is 54.6 Å². The van der Waals surface area contributed by atoms with Gasteiger partial charge in [0, 0.05) is 6.54 Å². The number of nitrogens with zero attached hydrogens (tertiary/aromatic N) is 2. The lowest BCUT2D eigenvalue weighted by Gasteiger charge is -2.27. The second-order valence-corrected chi connectivity index (χ2v) is 7.03. The monoisotopic (exact) mass is 347 g/mol. The third kappa shape index (κ3) is 2.50. The van der Waals surface area contributed by atoms with E-state index in [1.54, 1.807) is 0 Å². The van der Waals surface area contributed by atoms with E-state index in [4.69, 9.17) is 5.10 Å². The second kappa shape index (κ2) is 5.48. The van der Waals surface area contributed by atoms with E-state index >= 15 is 0 Å². The molecule has 1 aromatic heterocycles. The Morgan fingerprint density at radius 3 is 2.76 bits per heavy atom. The zero-order valence-electron chi connectivity index (χ0n) is 13.1. The highest BCUT2D eigenvalue weighted by Crippen LogP contribution is 2.39. The molecule has 1 aromatic carbocycles. The predicted octanol–water partition coefficient (Wildman–Crippen LogP) is 4.79. The highest BCUT2D eigenvalue weighted by Gasteiger charge is 2.28. The van der Waals surface area contributed by atoms with Crippen molar-refractivity contribution in [1.82, 2.24) is 9.78 Å². The minimum absolute atomic E-state index is 0.325. The molecule has 0 radical (unpaired) electrons. The molecule has 3 nitrogen and oxygen atoms in total. The summed E-state index contributed by atoms with van der Waals surface area (Å²) >= 11 is 3.72. The van der Waals surface area contributed by atoms with Crippen molar-refractivity contribution in [3.05, 3.63) is 45.1 Å². The van der Waals surface area contributed by atoms with Gasteiger partial charge in [-0.05, 0) is 53.2 Å². The fourth-order valence-electron chi connectivity index (χ4n) is 3.12. The summed E-state index contributed by atoms with van der Waals surface area (Å²) in [6.07, 6.45) is 1.07. The van der Waals surface area contributed by atoms with Gasteiger partial charge in [-0.25, -0.2) is 4.68 Å². The topological polar surface area (TPSA) is 29.9 Å². The Kier molecular flexibility index (Phi) is 3.82. The minimum atomic E-state index is 0.325. The summed E-state index contributed by atoms with van der Waals surface area (Å²) in [6, 6.07) is 7.05. The summed E-state index contributed by atoms with van der Waals surface area (Å²) in [7, 11) is 0. The van der Waals surface area contributed by atoms with Crippen LogP contribution < -0.4 is 5.32 Å². The van der Waals surface area contributed by atoms with Crippen LogP contribution in [0, 0.1) is 13.8 Å². The predicted molar refractivity (Wildman–Crippen MR) is 91.2 cm³/mol. The molecular formula is C17H22BrN3. The normalized spacial score (nSPS) is 17.7. The molecule has 0 saturated heterocycles. The number of hydrogen-bond acceptors (Lipinski definition) is 2. The minimum Gasteiger partial charge on any atom is -0.369 e. The first kappa shape index (κ1) is 14.6. The molecule has 1 aliphatic heterocycles. The van der Waals surface area contributed by atoms with E-state index in [-0.39, 0.29) is 0 Å². The number of aryl methyl sites for hydroxylation is 2. The van der Waals surface area contributed by atoms with E-state index in [9.17, 15) is 0 Å². The molecule has 4 heteroatoms. The third-order valence-corrected chi connectivity index (χ3v) is 5.00. The first-order valence-corrected chi connectivity index (χ1v) is 8.37. The second-order valence-electron chi connectivity index (χ2n) is 6.24. The lowest BCUT2D eigenvalue weighted by molar-refractivity contribution is 0.474. The summed E-state index contributed by atoms with van der Waals surface area (Å²) in [5.74, 6) is 1.54. The van der Waals surface area contributed by atoms with Gasteiger partial charge in [0.15, 0.2) is 0 Å². The third-order valence-electron chi connectivity index (χ3n) is 4.21. The molecule has 1 atom stereocenters. The summed E-state index contributed by atoms with van der Waals surface area (Å²) in [5.41, 5.74) is 5.18. The van der Waals surface area contributed by atoms with E-state index in [0.717, 1.165) is 29.0 Å². The van der Waals surface area contributed by atoms with E-state index in [2.05, 4.69) is 71.8 Å². The highest BCUT2D eigenvalue weighted by molar-refractivity contribution is 9.10. The van der Waals surface area contributed by atoms with E-state index < -0.39 is 0 Å². The number of aromatic nitrogens is 2. The number of rotatable bonds is 2. The fourth-order valence-corrected chi connectivity index (χ4v) is 3.98. The van der Waals surface area contributed by atoms with Gasteiger partial charge in [0.05, 0.1) is 16.2 Å². The number of nitrogens with one attached hydrogen (secondary N) is 1. The Hall–Kier alpha value is -1.29. The van der Waals surface area contributed by atoms with Crippen LogP contribution in [-0.4, -0.2) is 16.3 Å². The van der Waals surface area contributed by atoms with Gasteiger partial charge in [0.2, 0.25) is 0 Å². The van der Waals surface area contributed by atoms with Gasteiger partial charge in [-0.3, -0.25) is 0 Å². The Morgan fingerprint density at radius 1 is 1.33 bits per heavy atom. The lowest BCUT2D eigenvalue weighted by Crippen LogP contribution is -2.25. The Morgan fingerprint density at radius 2 is 2.10 bits per heavy atom. The summed E-state index contributed by atoms with van der Waals surface area (Å²) < 4.78 is 3.28. The Labute approximate surface area is 134 Å². The number of halogens is 1. The zero-order chi connectivity index (χ0) is 15.1. The summed E-state index contributed by atoms with van der Waals surface area (Å²) in [6.45, 7) is 9.70. The van der Waals surface area contributed by atoms with Crippen molar-refractivity contribution in [1.29, 1.82) is 0 Å². The van der Waals surface area contributed by atoms with E-state index in [1.165, 1.54) is 16.7 Å². The van der Waals surface area contributed by atoms with Gasteiger partial charge in [-0.15, -0.1) is 0 Å². The fraction of sp³-hybridized carbons (Fsp3) is 0.471. The molecule has 0 amide bonds. The van der Waals surface area contributed by atoms with Crippen molar-refractivity contribution < 1.29 is 0 Å². The molecule has 0 fully saturated rings. The van der Waals surface area contributed by atoms with Gasteiger partial charge >= 0.3 is 0 Å². The van der Waals surface area contributed by atoms with Crippen LogP contribution in [0.4, 0.5) is 5.82 Å². The summed E-state index contributed by atoms with van der Waals surface area (Å²) in [5, 5.41) is 8.37. The maximum absolute atomic E-state index is 4.88. The van der Waals surface area contributed by atoms with Gasteiger partial charge in [0.1, 0.15) is 5.82 Å². The van der Waals surface area contributed by atoms with Crippen molar-refractivity contribution in [2.24, 2.45) is 0 Å². The molecule has 0 aliphatic carbocycles. The van der Waals surface area contributed by atoms with Crippen molar-refractivity contribution >= 4 is 21.7 Å². The Bertz CT molecular complexity index is 673. The molecule has 112 valence electrons. The first-order valence-electron chi connectivity index (χ1n) is 7.58. The smallest absolute Gasteiger partial charge is 0.139 e. The molecule has 1 N–H and O–H groups in total. The van der Waals surface area contributed by atoms with Crippen molar-refractivity contribution in [2.75, 3.05) is 11.9 Å².